The fourth-order valence-corrected chi connectivity index (χ4v) is 3.75. The van der Waals surface area contributed by atoms with Gasteiger partial charge in [-0.1, -0.05) is 44.2 Å². The SMILES string of the molecule is CC(C)C1=C(S(=O)(=O)c2ccccc2)CC=C1. The maximum atomic E-state index is 12.5. The van der Waals surface area contributed by atoms with Crippen molar-refractivity contribution in [1.29, 1.82) is 0 Å². The van der Waals surface area contributed by atoms with Crippen molar-refractivity contribution >= 4 is 9.84 Å². The van der Waals surface area contributed by atoms with E-state index in [9.17, 15) is 8.42 Å². The highest BCUT2D eigenvalue weighted by Crippen LogP contribution is 2.32. The van der Waals surface area contributed by atoms with E-state index in [4.69, 9.17) is 0 Å². The maximum absolute atomic E-state index is 12.5. The Kier molecular flexibility index (Phi) is 3.20. The molecule has 0 heterocycles. The average Bonchev–Trinajstić information content (AvgIpc) is 2.80. The first-order valence-corrected chi connectivity index (χ1v) is 7.21. The van der Waals surface area contributed by atoms with Gasteiger partial charge in [-0.15, -0.1) is 0 Å². The van der Waals surface area contributed by atoms with E-state index in [1.54, 1.807) is 24.3 Å². The summed E-state index contributed by atoms with van der Waals surface area (Å²) in [6.45, 7) is 4.04. The zero-order valence-electron chi connectivity index (χ0n) is 10.1. The van der Waals surface area contributed by atoms with Gasteiger partial charge in [-0.05, 0) is 23.6 Å². The van der Waals surface area contributed by atoms with Crippen LogP contribution in [0.3, 0.4) is 0 Å². The molecule has 0 atom stereocenters. The Hall–Kier alpha value is -1.35. The van der Waals surface area contributed by atoms with Crippen molar-refractivity contribution in [3.05, 3.63) is 53.0 Å². The Morgan fingerprint density at radius 1 is 1.12 bits per heavy atom. The smallest absolute Gasteiger partial charge is 0.203 e. The minimum Gasteiger partial charge on any atom is -0.219 e. The lowest BCUT2D eigenvalue weighted by Crippen LogP contribution is -2.07. The summed E-state index contributed by atoms with van der Waals surface area (Å²) in [6.07, 6.45) is 4.37. The fraction of sp³-hybridized carbons (Fsp3) is 0.286. The van der Waals surface area contributed by atoms with Gasteiger partial charge in [0.1, 0.15) is 0 Å². The number of hydrogen-bond acceptors (Lipinski definition) is 2. The molecule has 1 aromatic rings. The van der Waals surface area contributed by atoms with Crippen LogP contribution in [0.1, 0.15) is 20.3 Å². The van der Waals surface area contributed by atoms with Gasteiger partial charge in [-0.3, -0.25) is 0 Å². The molecule has 0 saturated carbocycles. The molecule has 3 heteroatoms. The highest BCUT2D eigenvalue weighted by Gasteiger charge is 2.25. The van der Waals surface area contributed by atoms with E-state index >= 15 is 0 Å². The molecule has 1 aliphatic rings. The lowest BCUT2D eigenvalue weighted by molar-refractivity contribution is 0.600. The minimum absolute atomic E-state index is 0.238. The van der Waals surface area contributed by atoms with Crippen LogP contribution < -0.4 is 0 Å². The zero-order valence-corrected chi connectivity index (χ0v) is 10.9. The molecule has 2 rings (SSSR count). The van der Waals surface area contributed by atoms with Gasteiger partial charge in [-0.25, -0.2) is 8.42 Å². The Labute approximate surface area is 103 Å². The van der Waals surface area contributed by atoms with Crippen molar-refractivity contribution in [2.75, 3.05) is 0 Å². The molecule has 0 radical (unpaired) electrons. The molecule has 0 spiro atoms. The molecule has 0 saturated heterocycles. The largest absolute Gasteiger partial charge is 0.219 e. The summed E-state index contributed by atoms with van der Waals surface area (Å²) in [5, 5.41) is 0. The van der Waals surface area contributed by atoms with Gasteiger partial charge in [0, 0.05) is 6.42 Å². The van der Waals surface area contributed by atoms with Crippen LogP contribution in [0.25, 0.3) is 0 Å². The summed E-state index contributed by atoms with van der Waals surface area (Å²) >= 11 is 0. The van der Waals surface area contributed by atoms with E-state index in [2.05, 4.69) is 0 Å². The molecule has 0 aliphatic heterocycles. The van der Waals surface area contributed by atoms with Crippen LogP contribution in [0.4, 0.5) is 0 Å². The zero-order chi connectivity index (χ0) is 12.5. The summed E-state index contributed by atoms with van der Waals surface area (Å²) in [7, 11) is -3.32. The van der Waals surface area contributed by atoms with E-state index in [0.717, 1.165) is 5.57 Å². The van der Waals surface area contributed by atoms with Crippen molar-refractivity contribution in [3.8, 4) is 0 Å². The molecule has 0 N–H and O–H groups in total. The van der Waals surface area contributed by atoms with Crippen molar-refractivity contribution in [1.82, 2.24) is 0 Å². The summed E-state index contributed by atoms with van der Waals surface area (Å²) in [5.41, 5.74) is 0.939. The van der Waals surface area contributed by atoms with Gasteiger partial charge in [0.2, 0.25) is 9.84 Å². The second kappa shape index (κ2) is 4.49. The highest BCUT2D eigenvalue weighted by molar-refractivity contribution is 7.95. The van der Waals surface area contributed by atoms with Crippen molar-refractivity contribution in [3.63, 3.8) is 0 Å². The van der Waals surface area contributed by atoms with Crippen molar-refractivity contribution in [2.45, 2.75) is 25.2 Å². The molecule has 0 fully saturated rings. The lowest BCUT2D eigenvalue weighted by atomic mass is 10.1. The first-order valence-electron chi connectivity index (χ1n) is 5.73. The third-order valence-corrected chi connectivity index (χ3v) is 4.87. The summed E-state index contributed by atoms with van der Waals surface area (Å²) in [5.74, 6) is 0.238. The van der Waals surface area contributed by atoms with E-state index in [1.165, 1.54) is 0 Å². The molecule has 0 amide bonds. The Balaban J connectivity index is 2.52. The van der Waals surface area contributed by atoms with E-state index in [0.29, 0.717) is 16.2 Å². The summed E-state index contributed by atoms with van der Waals surface area (Å²) < 4.78 is 24.9. The average molecular weight is 248 g/mol. The molecule has 2 nitrogen and oxygen atoms in total. The van der Waals surface area contributed by atoms with Gasteiger partial charge in [0.15, 0.2) is 0 Å². The molecular weight excluding hydrogens is 232 g/mol. The molecule has 0 unspecified atom stereocenters. The highest BCUT2D eigenvalue weighted by atomic mass is 32.2. The number of sulfone groups is 1. The monoisotopic (exact) mass is 248 g/mol. The third-order valence-electron chi connectivity index (χ3n) is 2.92. The van der Waals surface area contributed by atoms with Gasteiger partial charge in [0.05, 0.1) is 9.80 Å². The van der Waals surface area contributed by atoms with Crippen LogP contribution in [0.15, 0.2) is 57.9 Å². The Morgan fingerprint density at radius 3 is 2.35 bits per heavy atom. The first-order chi connectivity index (χ1) is 8.03. The molecule has 1 aliphatic carbocycles. The molecule has 0 aromatic heterocycles. The Morgan fingerprint density at radius 2 is 1.76 bits per heavy atom. The van der Waals surface area contributed by atoms with Crippen LogP contribution in [0.5, 0.6) is 0 Å². The maximum Gasteiger partial charge on any atom is 0.203 e. The second-order valence-corrected chi connectivity index (χ2v) is 6.43. The molecule has 17 heavy (non-hydrogen) atoms. The van der Waals surface area contributed by atoms with Crippen LogP contribution in [0.2, 0.25) is 0 Å². The van der Waals surface area contributed by atoms with Gasteiger partial charge < -0.3 is 0 Å². The lowest BCUT2D eigenvalue weighted by Gasteiger charge is -2.11. The van der Waals surface area contributed by atoms with Crippen molar-refractivity contribution in [2.24, 2.45) is 5.92 Å². The van der Waals surface area contributed by atoms with Crippen LogP contribution in [-0.4, -0.2) is 8.42 Å². The van der Waals surface area contributed by atoms with Crippen LogP contribution in [0, 0.1) is 5.92 Å². The van der Waals surface area contributed by atoms with E-state index < -0.39 is 9.84 Å². The summed E-state index contributed by atoms with van der Waals surface area (Å²) in [6, 6.07) is 8.64. The van der Waals surface area contributed by atoms with E-state index in [1.807, 2.05) is 32.1 Å². The number of allylic oxidation sites excluding steroid dienone is 4. The normalized spacial score (nSPS) is 15.9. The molecular formula is C14H16O2S. The molecule has 1 aromatic carbocycles. The minimum atomic E-state index is -3.32. The van der Waals surface area contributed by atoms with Crippen molar-refractivity contribution < 1.29 is 8.42 Å². The third kappa shape index (κ3) is 2.20. The first kappa shape index (κ1) is 12.1. The van der Waals surface area contributed by atoms with Crippen LogP contribution in [-0.2, 0) is 9.84 Å². The predicted molar refractivity (Wildman–Crippen MR) is 69.2 cm³/mol. The second-order valence-electron chi connectivity index (χ2n) is 4.46. The van der Waals surface area contributed by atoms with Gasteiger partial charge in [0.25, 0.3) is 0 Å². The number of benzene rings is 1. The quantitative estimate of drug-likeness (QED) is 0.822. The summed E-state index contributed by atoms with van der Waals surface area (Å²) in [4.78, 5) is 0.940. The fourth-order valence-electron chi connectivity index (χ4n) is 2.02. The molecule has 0 bridgehead atoms. The van der Waals surface area contributed by atoms with Crippen LogP contribution >= 0.6 is 0 Å². The topological polar surface area (TPSA) is 34.1 Å². The van der Waals surface area contributed by atoms with Gasteiger partial charge in [-0.2, -0.15) is 0 Å². The number of hydrogen-bond donors (Lipinski definition) is 0. The molecule has 90 valence electrons. The predicted octanol–water partition coefficient (Wildman–Crippen LogP) is 3.33. The Bertz CT molecular complexity index is 563. The standard InChI is InChI=1S/C14H16O2S/c1-11(2)13-9-6-10-14(13)17(15,16)12-7-4-3-5-8-12/h3-9,11H,10H2,1-2H3. The van der Waals surface area contributed by atoms with Gasteiger partial charge >= 0.3 is 0 Å². The van der Waals surface area contributed by atoms with E-state index in [-0.39, 0.29) is 5.92 Å². The number of rotatable bonds is 3.